The third-order valence-corrected chi connectivity index (χ3v) is 6.12. The molecular formula is C25H22N4O3. The summed E-state index contributed by atoms with van der Waals surface area (Å²) in [7, 11) is 0. The lowest BCUT2D eigenvalue weighted by Gasteiger charge is -2.33. The largest absolute Gasteiger partial charge is 0.345 e. The molecule has 7 nitrogen and oxygen atoms in total. The molecule has 2 aromatic carbocycles. The van der Waals surface area contributed by atoms with Crippen LogP contribution in [0.3, 0.4) is 0 Å². The first-order valence-corrected chi connectivity index (χ1v) is 10.7. The predicted molar refractivity (Wildman–Crippen MR) is 122 cm³/mol. The number of rotatable bonds is 4. The number of carbonyl (C=O) groups excluding carboxylic acids is 1. The Bertz CT molecular complexity index is 1410. The Hall–Kier alpha value is -4.00. The first kappa shape index (κ1) is 19.9. The minimum Gasteiger partial charge on any atom is -0.345 e. The first-order valence-electron chi connectivity index (χ1n) is 10.7. The SMILES string of the molecule is O=C(NC(c1ccccc1)C1CCCc2ccccc21)c1cnc2[nH]c(=O)[nH]c(=O)c2c1. The molecule has 32 heavy (non-hydrogen) atoms. The van der Waals surface area contributed by atoms with E-state index in [4.69, 9.17) is 0 Å². The van der Waals surface area contributed by atoms with Crippen molar-refractivity contribution in [3.8, 4) is 0 Å². The first-order chi connectivity index (χ1) is 15.6. The average Bonchev–Trinajstić information content (AvgIpc) is 2.82. The maximum atomic E-state index is 13.3. The number of aromatic nitrogens is 3. The number of benzene rings is 2. The molecule has 0 spiro atoms. The van der Waals surface area contributed by atoms with Crippen LogP contribution in [0.25, 0.3) is 11.0 Å². The Balaban J connectivity index is 1.53. The molecule has 2 atom stereocenters. The fraction of sp³-hybridized carbons (Fsp3) is 0.200. The van der Waals surface area contributed by atoms with Gasteiger partial charge in [0.25, 0.3) is 11.5 Å². The smallest absolute Gasteiger partial charge is 0.327 e. The van der Waals surface area contributed by atoms with Gasteiger partial charge in [-0.2, -0.15) is 0 Å². The van der Waals surface area contributed by atoms with E-state index in [0.717, 1.165) is 24.8 Å². The van der Waals surface area contributed by atoms with Crippen molar-refractivity contribution in [3.63, 3.8) is 0 Å². The topological polar surface area (TPSA) is 108 Å². The lowest BCUT2D eigenvalue weighted by atomic mass is 9.76. The summed E-state index contributed by atoms with van der Waals surface area (Å²) in [5, 5.41) is 3.36. The molecule has 160 valence electrons. The highest BCUT2D eigenvalue weighted by molar-refractivity contribution is 5.97. The second-order valence-electron chi connectivity index (χ2n) is 8.09. The van der Waals surface area contributed by atoms with Gasteiger partial charge in [-0.1, -0.05) is 54.6 Å². The van der Waals surface area contributed by atoms with E-state index in [1.54, 1.807) is 0 Å². The predicted octanol–water partition coefficient (Wildman–Crippen LogP) is 3.20. The molecule has 0 aliphatic heterocycles. The summed E-state index contributed by atoms with van der Waals surface area (Å²) in [5.74, 6) is -0.179. The van der Waals surface area contributed by atoms with E-state index in [9.17, 15) is 14.4 Å². The van der Waals surface area contributed by atoms with E-state index < -0.39 is 11.2 Å². The third kappa shape index (κ3) is 3.73. The van der Waals surface area contributed by atoms with Crippen molar-refractivity contribution in [3.05, 3.63) is 110 Å². The minimum absolute atomic E-state index is 0.138. The van der Waals surface area contributed by atoms with Crippen molar-refractivity contribution in [2.24, 2.45) is 0 Å². The van der Waals surface area contributed by atoms with Crippen LogP contribution in [0.4, 0.5) is 0 Å². The number of hydrogen-bond donors (Lipinski definition) is 3. The highest BCUT2D eigenvalue weighted by Gasteiger charge is 2.30. The maximum Gasteiger partial charge on any atom is 0.327 e. The lowest BCUT2D eigenvalue weighted by Crippen LogP contribution is -2.34. The number of fused-ring (bicyclic) bond motifs is 2. The van der Waals surface area contributed by atoms with E-state index in [0.29, 0.717) is 0 Å². The van der Waals surface area contributed by atoms with Crippen molar-refractivity contribution in [1.29, 1.82) is 0 Å². The maximum absolute atomic E-state index is 13.3. The van der Waals surface area contributed by atoms with Gasteiger partial charge in [0, 0.05) is 12.1 Å². The van der Waals surface area contributed by atoms with Crippen molar-refractivity contribution >= 4 is 16.9 Å². The van der Waals surface area contributed by atoms with Gasteiger partial charge >= 0.3 is 5.69 Å². The van der Waals surface area contributed by atoms with Gasteiger partial charge in [-0.3, -0.25) is 19.6 Å². The van der Waals surface area contributed by atoms with E-state index in [-0.39, 0.29) is 34.5 Å². The zero-order valence-electron chi connectivity index (χ0n) is 17.3. The van der Waals surface area contributed by atoms with Gasteiger partial charge in [0.15, 0.2) is 0 Å². The van der Waals surface area contributed by atoms with Crippen LogP contribution in [0.5, 0.6) is 0 Å². The summed E-state index contributed by atoms with van der Waals surface area (Å²) in [6.07, 6.45) is 4.44. The second kappa shape index (κ2) is 8.26. The number of pyridine rings is 1. The summed E-state index contributed by atoms with van der Waals surface area (Å²) in [4.78, 5) is 45.7. The molecule has 4 aromatic rings. The number of nitrogens with one attached hydrogen (secondary N) is 3. The minimum atomic E-state index is -0.632. The Kier molecular flexibility index (Phi) is 5.15. The van der Waals surface area contributed by atoms with Crippen molar-refractivity contribution in [2.75, 3.05) is 0 Å². The van der Waals surface area contributed by atoms with E-state index >= 15 is 0 Å². The average molecular weight is 426 g/mol. The summed E-state index contributed by atoms with van der Waals surface area (Å²) in [6, 6.07) is 19.6. The summed E-state index contributed by atoms with van der Waals surface area (Å²) >= 11 is 0. The van der Waals surface area contributed by atoms with Crippen LogP contribution < -0.4 is 16.6 Å². The van der Waals surface area contributed by atoms with Gasteiger partial charge in [-0.15, -0.1) is 0 Å². The molecule has 0 radical (unpaired) electrons. The lowest BCUT2D eigenvalue weighted by molar-refractivity contribution is 0.0928. The molecular weight excluding hydrogens is 404 g/mol. The van der Waals surface area contributed by atoms with Crippen LogP contribution in [-0.4, -0.2) is 20.9 Å². The Morgan fingerprint density at radius 2 is 1.81 bits per heavy atom. The fourth-order valence-electron chi connectivity index (χ4n) is 4.61. The van der Waals surface area contributed by atoms with E-state index in [1.807, 2.05) is 36.4 Å². The summed E-state index contributed by atoms with van der Waals surface area (Å²) < 4.78 is 0. The van der Waals surface area contributed by atoms with Crippen LogP contribution >= 0.6 is 0 Å². The van der Waals surface area contributed by atoms with Gasteiger partial charge < -0.3 is 5.32 Å². The number of carbonyl (C=O) groups is 1. The molecule has 2 aromatic heterocycles. The molecule has 1 aliphatic rings. The van der Waals surface area contributed by atoms with Gasteiger partial charge in [-0.25, -0.2) is 9.78 Å². The van der Waals surface area contributed by atoms with E-state index in [1.165, 1.54) is 23.4 Å². The van der Waals surface area contributed by atoms with Crippen LogP contribution in [-0.2, 0) is 6.42 Å². The van der Waals surface area contributed by atoms with Crippen LogP contribution in [0.15, 0.2) is 76.4 Å². The molecule has 1 aliphatic carbocycles. The normalized spacial score (nSPS) is 16.3. The highest BCUT2D eigenvalue weighted by Crippen LogP contribution is 2.40. The second-order valence-corrected chi connectivity index (χ2v) is 8.09. The standard InChI is InChI=1S/C25H22N4O3/c30-23(17-13-20-22(26-14-17)28-25(32)29-24(20)31)27-21(16-8-2-1-3-9-16)19-12-6-10-15-7-4-5-11-18(15)19/h1-5,7-9,11,13-14,19,21H,6,10,12H2,(H,27,30)(H2,26,28,29,31,32). The van der Waals surface area contributed by atoms with Crippen molar-refractivity contribution in [1.82, 2.24) is 20.3 Å². The monoisotopic (exact) mass is 426 g/mol. The number of nitrogens with zero attached hydrogens (tertiary/aromatic N) is 1. The quantitative estimate of drug-likeness (QED) is 0.466. The zero-order valence-corrected chi connectivity index (χ0v) is 17.3. The van der Waals surface area contributed by atoms with Gasteiger partial charge in [0.2, 0.25) is 0 Å². The molecule has 3 N–H and O–H groups in total. The molecule has 0 fully saturated rings. The van der Waals surface area contributed by atoms with Crippen LogP contribution in [0, 0.1) is 0 Å². The van der Waals surface area contributed by atoms with Gasteiger partial charge in [0.1, 0.15) is 5.65 Å². The highest BCUT2D eigenvalue weighted by atomic mass is 16.2. The fourth-order valence-corrected chi connectivity index (χ4v) is 4.61. The Labute approximate surface area is 183 Å². The molecule has 0 saturated heterocycles. The number of H-pyrrole nitrogens is 2. The van der Waals surface area contributed by atoms with Crippen LogP contribution in [0.1, 0.15) is 51.8 Å². The van der Waals surface area contributed by atoms with Gasteiger partial charge in [-0.05, 0) is 42.0 Å². The Morgan fingerprint density at radius 3 is 2.66 bits per heavy atom. The van der Waals surface area contributed by atoms with Crippen LogP contribution in [0.2, 0.25) is 0 Å². The molecule has 0 bridgehead atoms. The van der Waals surface area contributed by atoms with Crippen molar-refractivity contribution in [2.45, 2.75) is 31.2 Å². The molecule has 0 saturated carbocycles. The zero-order chi connectivity index (χ0) is 22.1. The number of hydrogen-bond acceptors (Lipinski definition) is 4. The molecule has 2 heterocycles. The summed E-state index contributed by atoms with van der Waals surface area (Å²) in [6.45, 7) is 0. The van der Waals surface area contributed by atoms with Crippen molar-refractivity contribution < 1.29 is 4.79 Å². The molecule has 5 rings (SSSR count). The number of aryl methyl sites for hydroxylation is 1. The number of aromatic amines is 2. The number of amides is 1. The van der Waals surface area contributed by atoms with Gasteiger partial charge in [0.05, 0.1) is 17.0 Å². The van der Waals surface area contributed by atoms with E-state index in [2.05, 4.69) is 38.5 Å². The molecule has 1 amide bonds. The molecule has 7 heteroatoms. The Morgan fingerprint density at radius 1 is 1.03 bits per heavy atom. The third-order valence-electron chi connectivity index (χ3n) is 6.12. The summed E-state index contributed by atoms with van der Waals surface area (Å²) in [5.41, 5.74) is 2.81. The molecule has 2 unspecified atom stereocenters.